The summed E-state index contributed by atoms with van der Waals surface area (Å²) in [5, 5.41) is 6.38. The van der Waals surface area contributed by atoms with E-state index in [4.69, 9.17) is 9.26 Å². The van der Waals surface area contributed by atoms with Crippen molar-refractivity contribution in [2.45, 2.75) is 40.3 Å². The minimum Gasteiger partial charge on any atom is -0.456 e. The summed E-state index contributed by atoms with van der Waals surface area (Å²) in [7, 11) is 0. The van der Waals surface area contributed by atoms with Gasteiger partial charge in [-0.2, -0.15) is 4.98 Å². The fourth-order valence-corrected chi connectivity index (χ4v) is 2.07. The lowest BCUT2D eigenvalue weighted by Gasteiger charge is -2.19. The second-order valence-electron chi connectivity index (χ2n) is 5.91. The molecule has 0 aliphatic heterocycles. The molecule has 1 N–H and O–H groups in total. The minimum absolute atomic E-state index is 0.0882. The molecule has 128 valence electrons. The molecule has 2 rings (SSSR count). The number of aromatic nitrogens is 2. The Morgan fingerprint density at radius 1 is 1.25 bits per heavy atom. The van der Waals surface area contributed by atoms with Crippen LogP contribution in [0, 0.1) is 12.8 Å². The van der Waals surface area contributed by atoms with Gasteiger partial charge in [0.25, 0.3) is 5.89 Å². The van der Waals surface area contributed by atoms with Crippen LogP contribution in [0.25, 0.3) is 11.5 Å². The second kappa shape index (κ2) is 7.72. The van der Waals surface area contributed by atoms with E-state index in [1.54, 1.807) is 0 Å². The zero-order chi connectivity index (χ0) is 17.7. The lowest BCUT2D eigenvalue weighted by Crippen LogP contribution is -2.44. The Kier molecular flexibility index (Phi) is 5.68. The van der Waals surface area contributed by atoms with Crippen molar-refractivity contribution in [3.8, 4) is 11.5 Å². The average molecular weight is 331 g/mol. The lowest BCUT2D eigenvalue weighted by atomic mass is 10.0. The highest BCUT2D eigenvalue weighted by atomic mass is 16.5. The van der Waals surface area contributed by atoms with Crippen molar-refractivity contribution < 1.29 is 18.8 Å². The van der Waals surface area contributed by atoms with Gasteiger partial charge in [-0.3, -0.25) is 4.79 Å². The maximum atomic E-state index is 12.1. The Labute approximate surface area is 140 Å². The molecule has 0 aliphatic rings. The van der Waals surface area contributed by atoms with Crippen LogP contribution in [-0.2, 0) is 20.9 Å². The van der Waals surface area contributed by atoms with Gasteiger partial charge < -0.3 is 14.6 Å². The van der Waals surface area contributed by atoms with E-state index in [2.05, 4.69) is 15.5 Å². The molecular weight excluding hydrogens is 310 g/mol. The summed E-state index contributed by atoms with van der Waals surface area (Å²) in [5.74, 6) is -0.267. The largest absolute Gasteiger partial charge is 0.456 e. The topological polar surface area (TPSA) is 94.3 Å². The highest BCUT2D eigenvalue weighted by Gasteiger charge is 2.25. The van der Waals surface area contributed by atoms with Crippen LogP contribution < -0.4 is 5.32 Å². The minimum atomic E-state index is -0.703. The lowest BCUT2D eigenvalue weighted by molar-refractivity contribution is -0.150. The van der Waals surface area contributed by atoms with Crippen LogP contribution in [0.3, 0.4) is 0 Å². The van der Waals surface area contributed by atoms with Crippen LogP contribution in [0.5, 0.6) is 0 Å². The van der Waals surface area contributed by atoms with Crippen molar-refractivity contribution in [1.29, 1.82) is 0 Å². The molecule has 0 spiro atoms. The molecule has 24 heavy (non-hydrogen) atoms. The second-order valence-corrected chi connectivity index (χ2v) is 5.91. The van der Waals surface area contributed by atoms with E-state index < -0.39 is 12.0 Å². The monoisotopic (exact) mass is 331 g/mol. The smallest absolute Gasteiger partial charge is 0.329 e. The predicted molar refractivity (Wildman–Crippen MR) is 86.7 cm³/mol. The molecule has 0 saturated heterocycles. The molecule has 1 aromatic carbocycles. The summed E-state index contributed by atoms with van der Waals surface area (Å²) in [6.07, 6.45) is 0. The SMILES string of the molecule is CC(=O)NC(C(=O)OCc1noc(-c2ccc(C)cc2)n1)C(C)C. The summed E-state index contributed by atoms with van der Waals surface area (Å²) >= 11 is 0. The van der Waals surface area contributed by atoms with Crippen molar-refractivity contribution in [2.75, 3.05) is 0 Å². The van der Waals surface area contributed by atoms with Crippen molar-refractivity contribution >= 4 is 11.9 Å². The Morgan fingerprint density at radius 2 is 1.92 bits per heavy atom. The normalized spacial score (nSPS) is 12.0. The van der Waals surface area contributed by atoms with Crippen molar-refractivity contribution in [3.63, 3.8) is 0 Å². The molecule has 1 unspecified atom stereocenters. The van der Waals surface area contributed by atoms with Gasteiger partial charge in [0, 0.05) is 12.5 Å². The third-order valence-corrected chi connectivity index (χ3v) is 3.39. The van der Waals surface area contributed by atoms with Gasteiger partial charge in [0.05, 0.1) is 0 Å². The number of ether oxygens (including phenoxy) is 1. The van der Waals surface area contributed by atoms with E-state index in [9.17, 15) is 9.59 Å². The maximum absolute atomic E-state index is 12.1. The number of rotatable bonds is 6. The van der Waals surface area contributed by atoms with E-state index in [-0.39, 0.29) is 24.3 Å². The predicted octanol–water partition coefficient (Wildman–Crippen LogP) is 2.25. The summed E-state index contributed by atoms with van der Waals surface area (Å²) in [4.78, 5) is 27.5. The highest BCUT2D eigenvalue weighted by Crippen LogP contribution is 2.17. The van der Waals surface area contributed by atoms with Crippen LogP contribution in [-0.4, -0.2) is 28.1 Å². The number of nitrogens with zero attached hydrogens (tertiary/aromatic N) is 2. The highest BCUT2D eigenvalue weighted by molar-refractivity contribution is 5.83. The van der Waals surface area contributed by atoms with E-state index in [0.29, 0.717) is 5.89 Å². The number of esters is 1. The zero-order valence-electron chi connectivity index (χ0n) is 14.2. The first-order valence-corrected chi connectivity index (χ1v) is 7.70. The standard InChI is InChI=1S/C17H21N3O4/c1-10(2)15(18-12(4)21)17(22)23-9-14-19-16(24-20-14)13-7-5-11(3)6-8-13/h5-8,10,15H,9H2,1-4H3,(H,18,21). The Morgan fingerprint density at radius 3 is 2.50 bits per heavy atom. The first kappa shape index (κ1) is 17.7. The molecule has 0 aliphatic carbocycles. The number of hydrogen-bond donors (Lipinski definition) is 1. The molecule has 0 bridgehead atoms. The van der Waals surface area contributed by atoms with Crippen LogP contribution in [0.4, 0.5) is 0 Å². The number of carbonyl (C=O) groups excluding carboxylic acids is 2. The van der Waals surface area contributed by atoms with E-state index in [1.165, 1.54) is 6.92 Å². The molecule has 1 heterocycles. The molecule has 0 fully saturated rings. The third kappa shape index (κ3) is 4.65. The number of nitrogens with one attached hydrogen (secondary N) is 1. The zero-order valence-corrected chi connectivity index (χ0v) is 14.2. The summed E-state index contributed by atoms with van der Waals surface area (Å²) < 4.78 is 10.4. The van der Waals surface area contributed by atoms with Gasteiger partial charge in [-0.15, -0.1) is 0 Å². The van der Waals surface area contributed by atoms with Crippen LogP contribution in [0.15, 0.2) is 28.8 Å². The maximum Gasteiger partial charge on any atom is 0.329 e. The van der Waals surface area contributed by atoms with Gasteiger partial charge >= 0.3 is 5.97 Å². The molecular formula is C17H21N3O4. The average Bonchev–Trinajstić information content (AvgIpc) is 2.99. The Balaban J connectivity index is 1.98. The van der Waals surface area contributed by atoms with Gasteiger partial charge in [-0.1, -0.05) is 36.7 Å². The number of carbonyl (C=O) groups is 2. The molecule has 7 nitrogen and oxygen atoms in total. The van der Waals surface area contributed by atoms with Gasteiger partial charge in [0.15, 0.2) is 6.61 Å². The summed E-state index contributed by atoms with van der Waals surface area (Å²) in [6.45, 7) is 6.88. The van der Waals surface area contributed by atoms with Crippen LogP contribution in [0.2, 0.25) is 0 Å². The van der Waals surface area contributed by atoms with Gasteiger partial charge in [-0.05, 0) is 25.0 Å². The molecule has 7 heteroatoms. The molecule has 1 atom stereocenters. The fraction of sp³-hybridized carbons (Fsp3) is 0.412. The Hall–Kier alpha value is -2.70. The van der Waals surface area contributed by atoms with Crippen LogP contribution in [0.1, 0.15) is 32.2 Å². The van der Waals surface area contributed by atoms with E-state index in [1.807, 2.05) is 45.0 Å². The Bertz CT molecular complexity index is 707. The van der Waals surface area contributed by atoms with E-state index >= 15 is 0 Å². The van der Waals surface area contributed by atoms with Crippen molar-refractivity contribution in [2.24, 2.45) is 5.92 Å². The van der Waals surface area contributed by atoms with Crippen molar-refractivity contribution in [3.05, 3.63) is 35.7 Å². The van der Waals surface area contributed by atoms with Gasteiger partial charge in [0.2, 0.25) is 11.7 Å². The molecule has 0 saturated carbocycles. The van der Waals surface area contributed by atoms with Gasteiger partial charge in [0.1, 0.15) is 6.04 Å². The molecule has 0 radical (unpaired) electrons. The third-order valence-electron chi connectivity index (χ3n) is 3.39. The fourth-order valence-electron chi connectivity index (χ4n) is 2.07. The number of benzene rings is 1. The number of amides is 1. The molecule has 1 aromatic heterocycles. The number of hydrogen-bond acceptors (Lipinski definition) is 6. The quantitative estimate of drug-likeness (QED) is 0.816. The van der Waals surface area contributed by atoms with E-state index in [0.717, 1.165) is 11.1 Å². The van der Waals surface area contributed by atoms with Gasteiger partial charge in [-0.25, -0.2) is 4.79 Å². The first-order valence-electron chi connectivity index (χ1n) is 7.70. The first-order chi connectivity index (χ1) is 11.4. The number of aryl methyl sites for hydroxylation is 1. The summed E-state index contributed by atoms with van der Waals surface area (Å²) in [6, 6.07) is 6.94. The van der Waals surface area contributed by atoms with Crippen molar-refractivity contribution in [1.82, 2.24) is 15.5 Å². The summed E-state index contributed by atoms with van der Waals surface area (Å²) in [5.41, 5.74) is 1.93. The molecule has 2 aromatic rings. The molecule has 1 amide bonds. The van der Waals surface area contributed by atoms with Crippen LogP contribution >= 0.6 is 0 Å².